The SMILES string of the molecule is Cn1ccc(C(=O)NCCc2cccc(C(=O)O)c2)n1. The fourth-order valence-electron chi connectivity index (χ4n) is 1.81. The Morgan fingerprint density at radius 2 is 2.15 bits per heavy atom. The quantitative estimate of drug-likeness (QED) is 0.854. The molecule has 0 spiro atoms. The maximum absolute atomic E-state index is 11.7. The van der Waals surface area contributed by atoms with Gasteiger partial charge in [-0.2, -0.15) is 5.10 Å². The number of carboxylic acids is 1. The Bertz CT molecular complexity index is 634. The third-order valence-corrected chi connectivity index (χ3v) is 2.82. The second-order valence-electron chi connectivity index (χ2n) is 4.39. The number of carboxylic acid groups (broad SMARTS) is 1. The number of aromatic nitrogens is 2. The molecule has 1 aromatic carbocycles. The van der Waals surface area contributed by atoms with Crippen LogP contribution in [0.1, 0.15) is 26.4 Å². The first-order valence-corrected chi connectivity index (χ1v) is 6.16. The van der Waals surface area contributed by atoms with Gasteiger partial charge in [0.1, 0.15) is 5.69 Å². The number of amides is 1. The largest absolute Gasteiger partial charge is 0.478 e. The molecule has 0 fully saturated rings. The average Bonchev–Trinajstić information content (AvgIpc) is 2.86. The van der Waals surface area contributed by atoms with Gasteiger partial charge in [-0.1, -0.05) is 12.1 Å². The molecule has 2 rings (SSSR count). The van der Waals surface area contributed by atoms with E-state index in [9.17, 15) is 9.59 Å². The number of nitrogens with zero attached hydrogens (tertiary/aromatic N) is 2. The Labute approximate surface area is 116 Å². The van der Waals surface area contributed by atoms with Crippen molar-refractivity contribution >= 4 is 11.9 Å². The molecule has 0 aliphatic rings. The summed E-state index contributed by atoms with van der Waals surface area (Å²) >= 11 is 0. The lowest BCUT2D eigenvalue weighted by Gasteiger charge is -2.04. The summed E-state index contributed by atoms with van der Waals surface area (Å²) in [6, 6.07) is 8.31. The van der Waals surface area contributed by atoms with E-state index in [4.69, 9.17) is 5.11 Å². The van der Waals surface area contributed by atoms with Crippen molar-refractivity contribution in [2.45, 2.75) is 6.42 Å². The molecule has 0 bridgehead atoms. The fourth-order valence-corrected chi connectivity index (χ4v) is 1.81. The van der Waals surface area contributed by atoms with Crippen LogP contribution in [0.3, 0.4) is 0 Å². The van der Waals surface area contributed by atoms with E-state index in [0.29, 0.717) is 18.7 Å². The van der Waals surface area contributed by atoms with Crippen LogP contribution >= 0.6 is 0 Å². The lowest BCUT2D eigenvalue weighted by atomic mass is 10.1. The van der Waals surface area contributed by atoms with Gasteiger partial charge in [0.05, 0.1) is 5.56 Å². The highest BCUT2D eigenvalue weighted by molar-refractivity contribution is 5.92. The van der Waals surface area contributed by atoms with Crippen molar-refractivity contribution in [3.63, 3.8) is 0 Å². The third-order valence-electron chi connectivity index (χ3n) is 2.82. The monoisotopic (exact) mass is 273 g/mol. The van der Waals surface area contributed by atoms with E-state index >= 15 is 0 Å². The van der Waals surface area contributed by atoms with E-state index in [1.165, 1.54) is 6.07 Å². The number of rotatable bonds is 5. The van der Waals surface area contributed by atoms with E-state index in [0.717, 1.165) is 5.56 Å². The van der Waals surface area contributed by atoms with Crippen LogP contribution < -0.4 is 5.32 Å². The van der Waals surface area contributed by atoms with E-state index in [-0.39, 0.29) is 11.5 Å². The molecule has 0 aliphatic carbocycles. The van der Waals surface area contributed by atoms with E-state index in [1.54, 1.807) is 36.1 Å². The van der Waals surface area contributed by atoms with E-state index in [1.807, 2.05) is 6.07 Å². The molecular formula is C14H15N3O3. The molecule has 0 radical (unpaired) electrons. The van der Waals surface area contributed by atoms with Crippen LogP contribution in [-0.4, -0.2) is 33.3 Å². The Hall–Kier alpha value is -2.63. The van der Waals surface area contributed by atoms with Crippen LogP contribution in [0.15, 0.2) is 36.5 Å². The maximum Gasteiger partial charge on any atom is 0.335 e. The molecule has 20 heavy (non-hydrogen) atoms. The van der Waals surface area contributed by atoms with Crippen molar-refractivity contribution in [1.29, 1.82) is 0 Å². The van der Waals surface area contributed by atoms with Gasteiger partial charge in [0.2, 0.25) is 0 Å². The molecule has 1 heterocycles. The van der Waals surface area contributed by atoms with E-state index in [2.05, 4.69) is 10.4 Å². The smallest absolute Gasteiger partial charge is 0.335 e. The Morgan fingerprint density at radius 1 is 1.35 bits per heavy atom. The summed E-state index contributed by atoms with van der Waals surface area (Å²) < 4.78 is 1.56. The van der Waals surface area contributed by atoms with Gasteiger partial charge in [-0.25, -0.2) is 4.79 Å². The Balaban J connectivity index is 1.88. The summed E-state index contributed by atoms with van der Waals surface area (Å²) in [6.07, 6.45) is 2.27. The van der Waals surface area contributed by atoms with Gasteiger partial charge >= 0.3 is 5.97 Å². The Kier molecular flexibility index (Phi) is 4.14. The molecule has 0 saturated heterocycles. The van der Waals surface area contributed by atoms with Gasteiger partial charge in [0, 0.05) is 19.8 Å². The molecule has 0 unspecified atom stereocenters. The van der Waals surface area contributed by atoms with Gasteiger partial charge in [0.15, 0.2) is 0 Å². The molecule has 1 aromatic heterocycles. The predicted octanol–water partition coefficient (Wildman–Crippen LogP) is 1.09. The highest BCUT2D eigenvalue weighted by Crippen LogP contribution is 2.05. The van der Waals surface area contributed by atoms with Gasteiger partial charge in [-0.05, 0) is 30.2 Å². The van der Waals surface area contributed by atoms with E-state index < -0.39 is 5.97 Å². The predicted molar refractivity (Wildman–Crippen MR) is 72.6 cm³/mol. The van der Waals surface area contributed by atoms with Crippen LogP contribution in [0.4, 0.5) is 0 Å². The zero-order chi connectivity index (χ0) is 14.5. The first-order chi connectivity index (χ1) is 9.56. The topological polar surface area (TPSA) is 84.2 Å². The Morgan fingerprint density at radius 3 is 2.80 bits per heavy atom. The fraction of sp³-hybridized carbons (Fsp3) is 0.214. The summed E-state index contributed by atoms with van der Waals surface area (Å²) in [6.45, 7) is 0.429. The number of carbonyl (C=O) groups excluding carboxylic acids is 1. The zero-order valence-corrected chi connectivity index (χ0v) is 11.0. The number of benzene rings is 1. The highest BCUT2D eigenvalue weighted by Gasteiger charge is 2.08. The maximum atomic E-state index is 11.7. The minimum atomic E-state index is -0.954. The van der Waals surface area contributed by atoms with Crippen molar-refractivity contribution in [1.82, 2.24) is 15.1 Å². The number of aryl methyl sites for hydroxylation is 1. The van der Waals surface area contributed by atoms with Gasteiger partial charge < -0.3 is 10.4 Å². The third kappa shape index (κ3) is 3.44. The summed E-state index contributed by atoms with van der Waals surface area (Å²) in [4.78, 5) is 22.6. The first kappa shape index (κ1) is 13.8. The van der Waals surface area contributed by atoms with Crippen molar-refractivity contribution in [2.24, 2.45) is 7.05 Å². The van der Waals surface area contributed by atoms with Crippen molar-refractivity contribution in [3.8, 4) is 0 Å². The van der Waals surface area contributed by atoms with Gasteiger partial charge in [-0.3, -0.25) is 9.48 Å². The first-order valence-electron chi connectivity index (χ1n) is 6.16. The van der Waals surface area contributed by atoms with Crippen molar-refractivity contribution in [2.75, 3.05) is 6.54 Å². The summed E-state index contributed by atoms with van der Waals surface area (Å²) in [5, 5.41) is 15.6. The summed E-state index contributed by atoms with van der Waals surface area (Å²) in [7, 11) is 1.74. The second kappa shape index (κ2) is 6.01. The molecule has 6 heteroatoms. The molecular weight excluding hydrogens is 258 g/mol. The van der Waals surface area contributed by atoms with Gasteiger partial charge in [0.25, 0.3) is 5.91 Å². The molecule has 104 valence electrons. The van der Waals surface area contributed by atoms with Crippen LogP contribution in [0.2, 0.25) is 0 Å². The molecule has 6 nitrogen and oxygen atoms in total. The number of aromatic carboxylic acids is 1. The van der Waals surface area contributed by atoms with Gasteiger partial charge in [-0.15, -0.1) is 0 Å². The molecule has 0 aliphatic heterocycles. The minimum Gasteiger partial charge on any atom is -0.478 e. The summed E-state index contributed by atoms with van der Waals surface area (Å²) in [5.74, 6) is -1.19. The van der Waals surface area contributed by atoms with Crippen LogP contribution in [-0.2, 0) is 13.5 Å². The zero-order valence-electron chi connectivity index (χ0n) is 11.0. The van der Waals surface area contributed by atoms with Crippen LogP contribution in [0.25, 0.3) is 0 Å². The average molecular weight is 273 g/mol. The van der Waals surface area contributed by atoms with Crippen molar-refractivity contribution < 1.29 is 14.7 Å². The lowest BCUT2D eigenvalue weighted by Crippen LogP contribution is -2.26. The molecule has 2 N–H and O–H groups in total. The number of hydrogen-bond donors (Lipinski definition) is 2. The van der Waals surface area contributed by atoms with Crippen LogP contribution in [0, 0.1) is 0 Å². The van der Waals surface area contributed by atoms with Crippen LogP contribution in [0.5, 0.6) is 0 Å². The molecule has 0 saturated carbocycles. The lowest BCUT2D eigenvalue weighted by molar-refractivity contribution is 0.0696. The minimum absolute atomic E-state index is 0.236. The van der Waals surface area contributed by atoms with Crippen molar-refractivity contribution in [3.05, 3.63) is 53.3 Å². The number of carbonyl (C=O) groups is 2. The standard InChI is InChI=1S/C14H15N3O3/c1-17-8-6-12(16-17)13(18)15-7-5-10-3-2-4-11(9-10)14(19)20/h2-4,6,8-9H,5,7H2,1H3,(H,15,18)(H,19,20). The number of hydrogen-bond acceptors (Lipinski definition) is 3. The molecule has 1 amide bonds. The molecule has 0 atom stereocenters. The molecule has 2 aromatic rings. The normalized spacial score (nSPS) is 10.2. The second-order valence-corrected chi connectivity index (χ2v) is 4.39. The summed E-state index contributed by atoms with van der Waals surface area (Å²) in [5.41, 5.74) is 1.48. The number of nitrogens with one attached hydrogen (secondary N) is 1. The highest BCUT2D eigenvalue weighted by atomic mass is 16.4.